The number of nitrogens with zero attached hydrogens (tertiary/aromatic N) is 4. The lowest BCUT2D eigenvalue weighted by Crippen LogP contribution is -2.39. The molecule has 0 fully saturated rings. The molecule has 9 nitrogen and oxygen atoms in total. The first kappa shape index (κ1) is 26.4. The monoisotopic (exact) mass is 477 g/mol. The summed E-state index contributed by atoms with van der Waals surface area (Å²) in [6, 6.07) is 5.06. The summed E-state index contributed by atoms with van der Waals surface area (Å²) >= 11 is 0. The van der Waals surface area contributed by atoms with Gasteiger partial charge in [0.25, 0.3) is 5.91 Å². The van der Waals surface area contributed by atoms with Crippen LogP contribution in [0.4, 0.5) is 19.0 Å². The molecule has 2 aromatic rings. The van der Waals surface area contributed by atoms with Gasteiger partial charge in [0, 0.05) is 24.0 Å². The Kier molecular flexibility index (Phi) is 7.40. The average molecular weight is 477 g/mol. The van der Waals surface area contributed by atoms with Crippen LogP contribution in [0.1, 0.15) is 57.7 Å². The van der Waals surface area contributed by atoms with Gasteiger partial charge in [0.15, 0.2) is 0 Å². The largest absolute Gasteiger partial charge is 0.401 e. The summed E-state index contributed by atoms with van der Waals surface area (Å²) in [5, 5.41) is 15.8. The van der Waals surface area contributed by atoms with Crippen LogP contribution in [0.2, 0.25) is 0 Å². The lowest BCUT2D eigenvalue weighted by Gasteiger charge is -2.28. The van der Waals surface area contributed by atoms with Crippen LogP contribution in [0.5, 0.6) is 0 Å². The lowest BCUT2D eigenvalue weighted by atomic mass is 9.88. The molecular formula is C22H26F3N7O2. The van der Waals surface area contributed by atoms with Gasteiger partial charge in [0.1, 0.15) is 23.1 Å². The Balaban J connectivity index is 2.19. The average Bonchev–Trinajstić information content (AvgIpc) is 3.08. The molecule has 5 N–H and O–H groups in total. The molecule has 12 heteroatoms. The molecule has 0 saturated heterocycles. The van der Waals surface area contributed by atoms with E-state index in [1.54, 1.807) is 12.1 Å². The maximum atomic E-state index is 13.1. The minimum Gasteiger partial charge on any atom is -0.401 e. The molecule has 1 unspecified atom stereocenters. The minimum atomic E-state index is -4.67. The number of aromatic nitrogens is 3. The zero-order chi connectivity index (χ0) is 26.0. The first-order valence-corrected chi connectivity index (χ1v) is 10.2. The van der Waals surface area contributed by atoms with Crippen LogP contribution < -0.4 is 16.8 Å². The van der Waals surface area contributed by atoms with E-state index in [9.17, 15) is 28.0 Å². The third kappa shape index (κ3) is 5.19. The Morgan fingerprint density at radius 1 is 1.24 bits per heavy atom. The lowest BCUT2D eigenvalue weighted by molar-refractivity contribution is -0.197. The van der Waals surface area contributed by atoms with Gasteiger partial charge in [-0.3, -0.25) is 19.9 Å². The molecule has 0 aliphatic heterocycles. The van der Waals surface area contributed by atoms with Crippen molar-refractivity contribution in [3.63, 3.8) is 0 Å². The van der Waals surface area contributed by atoms with Crippen LogP contribution in [0.15, 0.2) is 30.1 Å². The topological polar surface area (TPSA) is 153 Å². The number of rotatable bonds is 6. The number of carbonyl (C=O) groups is 2. The number of nitrogens with two attached hydrogens (primary N) is 2. The fourth-order valence-corrected chi connectivity index (χ4v) is 2.83. The Labute approximate surface area is 194 Å². The number of hydrogen-bond acceptors (Lipinski definition) is 7. The second kappa shape index (κ2) is 9.54. The molecule has 0 aliphatic carbocycles. The van der Waals surface area contributed by atoms with Crippen molar-refractivity contribution in [3.8, 4) is 17.5 Å². The summed E-state index contributed by atoms with van der Waals surface area (Å²) in [5.41, 5.74) is 9.53. The van der Waals surface area contributed by atoms with Gasteiger partial charge in [-0.15, -0.1) is 0 Å². The van der Waals surface area contributed by atoms with Crippen molar-refractivity contribution >= 4 is 17.6 Å². The zero-order valence-corrected chi connectivity index (χ0v) is 19.4. The maximum Gasteiger partial charge on any atom is 0.399 e. The van der Waals surface area contributed by atoms with Gasteiger partial charge in [0.05, 0.1) is 17.0 Å². The molecule has 1 atom stereocenters. The Hall–Kier alpha value is -3.88. The van der Waals surface area contributed by atoms with Crippen LogP contribution in [0.3, 0.4) is 0 Å². The molecule has 0 saturated carbocycles. The maximum absolute atomic E-state index is 13.1. The van der Waals surface area contributed by atoms with E-state index in [1.807, 2.05) is 25.2 Å². The van der Waals surface area contributed by atoms with E-state index in [0.29, 0.717) is 23.0 Å². The number of alkyl halides is 3. The quantitative estimate of drug-likeness (QED) is 0.540. The van der Waals surface area contributed by atoms with Gasteiger partial charge in [-0.05, 0) is 46.2 Å². The Morgan fingerprint density at radius 2 is 1.85 bits per heavy atom. The highest BCUT2D eigenvalue weighted by Crippen LogP contribution is 2.41. The number of nitrogens with one attached hydrogen (secondary N) is 1. The van der Waals surface area contributed by atoms with Crippen LogP contribution in [0.25, 0.3) is 11.4 Å². The smallest absolute Gasteiger partial charge is 0.399 e. The second-order valence-corrected chi connectivity index (χ2v) is 8.53. The Bertz CT molecular complexity index is 1160. The van der Waals surface area contributed by atoms with Crippen LogP contribution in [-0.4, -0.2) is 32.8 Å². The van der Waals surface area contributed by atoms with Gasteiger partial charge in [-0.25, -0.2) is 4.68 Å². The molecule has 0 aromatic carbocycles. The predicted molar refractivity (Wildman–Crippen MR) is 119 cm³/mol. The number of imide groups is 1. The first-order valence-electron chi connectivity index (χ1n) is 10.2. The SMILES string of the molecule is CC(C(=O)NC(=O)C=C(N)C(C)(C)C(F)(F)F)c1ccc(-c2nn(C(C)C)c(N)c2C#N)nc1. The van der Waals surface area contributed by atoms with E-state index >= 15 is 0 Å². The van der Waals surface area contributed by atoms with Crippen molar-refractivity contribution in [2.75, 3.05) is 5.73 Å². The van der Waals surface area contributed by atoms with E-state index in [0.717, 1.165) is 13.8 Å². The highest BCUT2D eigenvalue weighted by molar-refractivity contribution is 6.03. The molecule has 2 amide bonds. The minimum absolute atomic E-state index is 0.0776. The predicted octanol–water partition coefficient (Wildman–Crippen LogP) is 3.16. The van der Waals surface area contributed by atoms with Crippen LogP contribution in [0, 0.1) is 16.7 Å². The van der Waals surface area contributed by atoms with Gasteiger partial charge >= 0.3 is 6.18 Å². The summed E-state index contributed by atoms with van der Waals surface area (Å²) in [6.45, 7) is 6.88. The number of pyridine rings is 1. The highest BCUT2D eigenvalue weighted by Gasteiger charge is 2.49. The van der Waals surface area contributed by atoms with Gasteiger partial charge in [-0.1, -0.05) is 6.07 Å². The summed E-state index contributed by atoms with van der Waals surface area (Å²) in [5.74, 6) is -2.46. The third-order valence-electron chi connectivity index (χ3n) is 5.43. The normalized spacial score (nSPS) is 13.5. The highest BCUT2D eigenvalue weighted by atomic mass is 19.4. The van der Waals surface area contributed by atoms with E-state index in [2.05, 4.69) is 10.1 Å². The number of carbonyl (C=O) groups excluding carboxylic acids is 2. The third-order valence-corrected chi connectivity index (χ3v) is 5.43. The van der Waals surface area contributed by atoms with Crippen LogP contribution in [-0.2, 0) is 9.59 Å². The van der Waals surface area contributed by atoms with Crippen molar-refractivity contribution in [1.29, 1.82) is 5.26 Å². The zero-order valence-electron chi connectivity index (χ0n) is 19.4. The fourth-order valence-electron chi connectivity index (χ4n) is 2.83. The molecule has 0 spiro atoms. The van der Waals surface area contributed by atoms with Gasteiger partial charge < -0.3 is 11.5 Å². The number of halogens is 3. The van der Waals surface area contributed by atoms with E-state index in [4.69, 9.17) is 11.5 Å². The van der Waals surface area contributed by atoms with Crippen LogP contribution >= 0.6 is 0 Å². The standard InChI is InChI=1S/C22H26F3N7O2/c1-11(2)32-19(28)14(9-26)18(31-32)15-7-6-13(10-29-15)12(3)20(34)30-17(33)8-16(27)21(4,5)22(23,24)25/h6-8,10-12H,27-28H2,1-5H3,(H,30,33,34). The van der Waals surface area contributed by atoms with Crippen molar-refractivity contribution < 1.29 is 22.8 Å². The van der Waals surface area contributed by atoms with Gasteiger partial charge in [0.2, 0.25) is 5.91 Å². The number of nitrogen functional groups attached to an aromatic ring is 1. The number of allylic oxidation sites excluding steroid dienone is 1. The second-order valence-electron chi connectivity index (χ2n) is 8.53. The number of amides is 2. The molecule has 0 bridgehead atoms. The van der Waals surface area contributed by atoms with Crippen molar-refractivity contribution in [3.05, 3.63) is 41.2 Å². The van der Waals surface area contributed by atoms with E-state index < -0.39 is 35.0 Å². The summed E-state index contributed by atoms with van der Waals surface area (Å²) in [4.78, 5) is 28.7. The van der Waals surface area contributed by atoms with Crippen molar-refractivity contribution in [2.24, 2.45) is 11.1 Å². The molecule has 0 aliphatic rings. The van der Waals surface area contributed by atoms with Crippen molar-refractivity contribution in [2.45, 2.75) is 52.8 Å². The summed E-state index contributed by atoms with van der Waals surface area (Å²) in [7, 11) is 0. The molecule has 182 valence electrons. The molecular weight excluding hydrogens is 451 g/mol. The molecule has 0 radical (unpaired) electrons. The number of hydrogen-bond donors (Lipinski definition) is 3. The van der Waals surface area contributed by atoms with Gasteiger partial charge in [-0.2, -0.15) is 23.5 Å². The van der Waals surface area contributed by atoms with Crippen molar-refractivity contribution in [1.82, 2.24) is 20.1 Å². The molecule has 34 heavy (non-hydrogen) atoms. The van der Waals surface area contributed by atoms with E-state index in [1.165, 1.54) is 17.8 Å². The first-order chi connectivity index (χ1) is 15.6. The fraction of sp³-hybridized carbons (Fsp3) is 0.409. The number of anilines is 1. The molecule has 2 aromatic heterocycles. The molecule has 2 rings (SSSR count). The number of nitriles is 1. The molecule has 2 heterocycles. The summed E-state index contributed by atoms with van der Waals surface area (Å²) < 4.78 is 40.7. The summed E-state index contributed by atoms with van der Waals surface area (Å²) in [6.07, 6.45) is -2.73. The van der Waals surface area contributed by atoms with E-state index in [-0.39, 0.29) is 17.4 Å². The Morgan fingerprint density at radius 3 is 2.32 bits per heavy atom.